The minimum Gasteiger partial charge on any atom is -0.381 e. The van der Waals surface area contributed by atoms with Gasteiger partial charge in [-0.3, -0.25) is 14.7 Å². The first-order chi connectivity index (χ1) is 9.34. The van der Waals surface area contributed by atoms with Crippen LogP contribution in [-0.2, 0) is 20.8 Å². The molecule has 1 amide bonds. The lowest BCUT2D eigenvalue weighted by atomic mass is 9.87. The number of carbonyl (C=O) groups is 1. The lowest BCUT2D eigenvalue weighted by Crippen LogP contribution is -2.36. The molecular formula is C13H19N3O3. The largest absolute Gasteiger partial charge is 0.381 e. The molecule has 0 saturated carbocycles. The van der Waals surface area contributed by atoms with Crippen molar-refractivity contribution in [1.82, 2.24) is 15.7 Å². The number of hydrogen-bond donors (Lipinski definition) is 2. The van der Waals surface area contributed by atoms with E-state index in [1.165, 1.54) is 0 Å². The highest BCUT2D eigenvalue weighted by Gasteiger charge is 2.28. The molecule has 2 heterocycles. The molecule has 1 saturated heterocycles. The van der Waals surface area contributed by atoms with Gasteiger partial charge in [-0.1, -0.05) is 0 Å². The summed E-state index contributed by atoms with van der Waals surface area (Å²) < 4.78 is 5.25. The number of H-pyrrole nitrogens is 1. The van der Waals surface area contributed by atoms with Crippen molar-refractivity contribution in [2.24, 2.45) is 0 Å². The number of hydrogen-bond acceptors (Lipinski definition) is 4. The van der Waals surface area contributed by atoms with Crippen LogP contribution >= 0.6 is 0 Å². The molecule has 1 aromatic rings. The lowest BCUT2D eigenvalue weighted by molar-refractivity contribution is -0.145. The van der Waals surface area contributed by atoms with Crippen molar-refractivity contribution in [3.63, 3.8) is 0 Å². The predicted molar refractivity (Wildman–Crippen MR) is 67.3 cm³/mol. The molecule has 0 bridgehead atoms. The maximum absolute atomic E-state index is 12.2. The van der Waals surface area contributed by atoms with Crippen LogP contribution in [0.5, 0.6) is 0 Å². The number of ether oxygens (including phenoxy) is 1. The molecule has 6 heteroatoms. The van der Waals surface area contributed by atoms with E-state index in [4.69, 9.17) is 9.57 Å². The molecule has 1 atom stereocenters. The molecule has 1 unspecified atom stereocenters. The monoisotopic (exact) mass is 265 g/mol. The van der Waals surface area contributed by atoms with Crippen LogP contribution in [0.1, 0.15) is 42.9 Å². The molecular weight excluding hydrogens is 246 g/mol. The van der Waals surface area contributed by atoms with Crippen LogP contribution in [0, 0.1) is 0 Å². The molecule has 2 aliphatic rings. The van der Waals surface area contributed by atoms with E-state index in [-0.39, 0.29) is 17.9 Å². The number of aryl methyl sites for hydroxylation is 1. The second kappa shape index (κ2) is 5.71. The molecule has 1 aliphatic carbocycles. The normalized spacial score (nSPS) is 23.9. The quantitative estimate of drug-likeness (QED) is 0.801. The number of amides is 1. The van der Waals surface area contributed by atoms with Gasteiger partial charge in [0, 0.05) is 24.5 Å². The summed E-state index contributed by atoms with van der Waals surface area (Å²) in [5, 5.41) is 6.98. The maximum atomic E-state index is 12.2. The second-order valence-electron chi connectivity index (χ2n) is 5.14. The van der Waals surface area contributed by atoms with E-state index in [0.29, 0.717) is 13.2 Å². The summed E-state index contributed by atoms with van der Waals surface area (Å²) in [6.45, 7) is 1.41. The number of aromatic nitrogens is 2. The number of aromatic amines is 1. The molecule has 3 rings (SSSR count). The number of hydroxylamine groups is 1. The Labute approximate surface area is 111 Å². The van der Waals surface area contributed by atoms with Gasteiger partial charge in [0.2, 0.25) is 0 Å². The standard InChI is InChI=1S/C13H19N3O3/c17-13(16-19-9-4-6-18-7-5-9)10-2-1-3-12-11(10)8-14-15-12/h8-10H,1-7H2,(H,14,15)(H,16,17). The summed E-state index contributed by atoms with van der Waals surface area (Å²) in [5.74, 6) is -0.198. The Balaban J connectivity index is 1.56. The van der Waals surface area contributed by atoms with Crippen molar-refractivity contribution in [2.45, 2.75) is 44.1 Å². The summed E-state index contributed by atoms with van der Waals surface area (Å²) in [7, 11) is 0. The number of nitrogens with one attached hydrogen (secondary N) is 2. The lowest BCUT2D eigenvalue weighted by Gasteiger charge is -2.25. The molecule has 2 N–H and O–H groups in total. The fourth-order valence-corrected chi connectivity index (χ4v) is 2.74. The first-order valence-corrected chi connectivity index (χ1v) is 6.90. The average Bonchev–Trinajstić information content (AvgIpc) is 2.94. The van der Waals surface area contributed by atoms with Gasteiger partial charge < -0.3 is 4.74 Å². The second-order valence-corrected chi connectivity index (χ2v) is 5.14. The van der Waals surface area contributed by atoms with Gasteiger partial charge in [-0.05, 0) is 32.1 Å². The molecule has 19 heavy (non-hydrogen) atoms. The van der Waals surface area contributed by atoms with Crippen molar-refractivity contribution >= 4 is 5.91 Å². The van der Waals surface area contributed by atoms with Crippen LogP contribution in [0.3, 0.4) is 0 Å². The number of rotatable bonds is 3. The summed E-state index contributed by atoms with van der Waals surface area (Å²) >= 11 is 0. The minimum atomic E-state index is -0.137. The SMILES string of the molecule is O=C(NOC1CCOCC1)C1CCCc2[nH]ncc21. The van der Waals surface area contributed by atoms with E-state index in [9.17, 15) is 4.79 Å². The highest BCUT2D eigenvalue weighted by molar-refractivity contribution is 5.83. The van der Waals surface area contributed by atoms with Crippen molar-refractivity contribution in [3.05, 3.63) is 17.5 Å². The van der Waals surface area contributed by atoms with E-state index in [1.807, 2.05) is 0 Å². The van der Waals surface area contributed by atoms with Gasteiger partial charge in [0.05, 0.1) is 18.2 Å². The Morgan fingerprint density at radius 3 is 3.11 bits per heavy atom. The zero-order chi connectivity index (χ0) is 13.1. The molecule has 0 spiro atoms. The molecule has 0 aromatic carbocycles. The van der Waals surface area contributed by atoms with Crippen LogP contribution in [0.25, 0.3) is 0 Å². The van der Waals surface area contributed by atoms with Gasteiger partial charge in [0.15, 0.2) is 0 Å². The third-order valence-electron chi connectivity index (χ3n) is 3.86. The topological polar surface area (TPSA) is 76.2 Å². The van der Waals surface area contributed by atoms with E-state index in [2.05, 4.69) is 15.7 Å². The summed E-state index contributed by atoms with van der Waals surface area (Å²) in [4.78, 5) is 17.7. The third-order valence-corrected chi connectivity index (χ3v) is 3.86. The van der Waals surface area contributed by atoms with Crippen LogP contribution in [0.4, 0.5) is 0 Å². The highest BCUT2D eigenvalue weighted by Crippen LogP contribution is 2.30. The van der Waals surface area contributed by atoms with E-state index in [1.54, 1.807) is 6.20 Å². The Kier molecular flexibility index (Phi) is 3.79. The Hall–Kier alpha value is -1.40. The van der Waals surface area contributed by atoms with Gasteiger partial charge in [-0.15, -0.1) is 0 Å². The third kappa shape index (κ3) is 2.79. The Bertz CT molecular complexity index is 440. The highest BCUT2D eigenvalue weighted by atomic mass is 16.7. The van der Waals surface area contributed by atoms with Gasteiger partial charge in [-0.25, -0.2) is 5.48 Å². The summed E-state index contributed by atoms with van der Waals surface area (Å²) in [6, 6.07) is 0. The molecule has 0 radical (unpaired) electrons. The average molecular weight is 265 g/mol. The Morgan fingerprint density at radius 2 is 2.26 bits per heavy atom. The van der Waals surface area contributed by atoms with Gasteiger partial charge in [0.1, 0.15) is 0 Å². The van der Waals surface area contributed by atoms with E-state index < -0.39 is 0 Å². The zero-order valence-corrected chi connectivity index (χ0v) is 10.9. The predicted octanol–water partition coefficient (Wildman–Crippen LogP) is 1.06. The number of nitrogens with zero attached hydrogens (tertiary/aromatic N) is 1. The molecule has 1 fully saturated rings. The van der Waals surface area contributed by atoms with Crippen molar-refractivity contribution in [3.8, 4) is 0 Å². The van der Waals surface area contributed by atoms with Crippen molar-refractivity contribution in [2.75, 3.05) is 13.2 Å². The molecule has 1 aliphatic heterocycles. The van der Waals surface area contributed by atoms with E-state index in [0.717, 1.165) is 43.4 Å². The minimum absolute atomic E-state index is 0.0613. The molecule has 6 nitrogen and oxygen atoms in total. The summed E-state index contributed by atoms with van der Waals surface area (Å²) in [5.41, 5.74) is 4.71. The fourth-order valence-electron chi connectivity index (χ4n) is 2.74. The van der Waals surface area contributed by atoms with Gasteiger partial charge in [-0.2, -0.15) is 5.10 Å². The van der Waals surface area contributed by atoms with Gasteiger partial charge >= 0.3 is 0 Å². The number of fused-ring (bicyclic) bond motifs is 1. The smallest absolute Gasteiger partial charge is 0.251 e. The van der Waals surface area contributed by atoms with Crippen molar-refractivity contribution < 1.29 is 14.4 Å². The van der Waals surface area contributed by atoms with Crippen LogP contribution in [0.2, 0.25) is 0 Å². The summed E-state index contributed by atoms with van der Waals surface area (Å²) in [6.07, 6.45) is 6.34. The fraction of sp³-hybridized carbons (Fsp3) is 0.692. The van der Waals surface area contributed by atoms with Crippen LogP contribution in [-0.4, -0.2) is 35.4 Å². The number of carbonyl (C=O) groups excluding carboxylic acids is 1. The zero-order valence-electron chi connectivity index (χ0n) is 10.9. The first-order valence-electron chi connectivity index (χ1n) is 6.90. The van der Waals surface area contributed by atoms with Crippen LogP contribution in [0.15, 0.2) is 6.20 Å². The Morgan fingerprint density at radius 1 is 1.42 bits per heavy atom. The molecule has 1 aromatic heterocycles. The van der Waals surface area contributed by atoms with Gasteiger partial charge in [0.25, 0.3) is 5.91 Å². The van der Waals surface area contributed by atoms with Crippen LogP contribution < -0.4 is 5.48 Å². The first kappa shape index (κ1) is 12.6. The maximum Gasteiger partial charge on any atom is 0.251 e. The van der Waals surface area contributed by atoms with Crippen molar-refractivity contribution in [1.29, 1.82) is 0 Å². The molecule has 104 valence electrons. The van der Waals surface area contributed by atoms with E-state index >= 15 is 0 Å².